The predicted molar refractivity (Wildman–Crippen MR) is 122 cm³/mol. The molecule has 1 amide bonds. The van der Waals surface area contributed by atoms with Crippen molar-refractivity contribution in [2.45, 2.75) is 11.4 Å². The maximum atomic E-state index is 13.4. The molecule has 0 aliphatic carbocycles. The minimum atomic E-state index is -4.23. The monoisotopic (exact) mass is 496 g/mol. The van der Waals surface area contributed by atoms with E-state index in [0.29, 0.717) is 17.0 Å². The number of methoxy groups -OCH3 is 1. The van der Waals surface area contributed by atoms with Crippen LogP contribution >= 0.6 is 23.2 Å². The second-order valence-corrected chi connectivity index (χ2v) is 9.47. The molecule has 6 nitrogen and oxygen atoms in total. The Labute approximate surface area is 195 Å². The lowest BCUT2D eigenvalue weighted by atomic mass is 10.2. The van der Waals surface area contributed by atoms with Gasteiger partial charge in [0, 0.05) is 11.6 Å². The van der Waals surface area contributed by atoms with E-state index in [2.05, 4.69) is 5.32 Å². The van der Waals surface area contributed by atoms with Crippen LogP contribution in [0, 0.1) is 5.82 Å². The van der Waals surface area contributed by atoms with Crippen LogP contribution in [0.4, 0.5) is 10.1 Å². The Morgan fingerprint density at radius 3 is 2.44 bits per heavy atom. The second kappa shape index (κ2) is 10.3. The molecular weight excluding hydrogens is 478 g/mol. The molecule has 0 bridgehead atoms. The Morgan fingerprint density at radius 2 is 1.75 bits per heavy atom. The van der Waals surface area contributed by atoms with E-state index in [1.54, 1.807) is 24.3 Å². The Balaban J connectivity index is 1.93. The highest BCUT2D eigenvalue weighted by molar-refractivity contribution is 7.89. The van der Waals surface area contributed by atoms with Crippen LogP contribution in [0.2, 0.25) is 10.0 Å². The SMILES string of the molecule is COc1ccccc1NC(=O)CN(Cc1ccc(F)cc1)S(=O)(=O)c1cc(Cl)ccc1Cl. The maximum absolute atomic E-state index is 13.4. The molecule has 0 aliphatic rings. The lowest BCUT2D eigenvalue weighted by Crippen LogP contribution is -2.37. The van der Waals surface area contributed by atoms with Crippen molar-refractivity contribution in [1.82, 2.24) is 4.31 Å². The van der Waals surface area contributed by atoms with Gasteiger partial charge in [-0.1, -0.05) is 47.5 Å². The van der Waals surface area contributed by atoms with Gasteiger partial charge in [0.2, 0.25) is 15.9 Å². The number of carbonyl (C=O) groups is 1. The molecule has 168 valence electrons. The molecule has 10 heteroatoms. The standard InChI is InChI=1S/C22H19Cl2FN2O4S/c1-31-20-5-3-2-4-19(20)26-22(28)14-27(13-15-6-9-17(25)10-7-15)32(29,30)21-12-16(23)8-11-18(21)24/h2-12H,13-14H2,1H3,(H,26,28). The van der Waals surface area contributed by atoms with E-state index in [9.17, 15) is 17.6 Å². The molecular formula is C22H19Cl2FN2O4S. The lowest BCUT2D eigenvalue weighted by Gasteiger charge is -2.23. The first-order valence-electron chi connectivity index (χ1n) is 9.33. The van der Waals surface area contributed by atoms with Gasteiger partial charge < -0.3 is 10.1 Å². The van der Waals surface area contributed by atoms with E-state index in [0.717, 1.165) is 4.31 Å². The Hall–Kier alpha value is -2.65. The second-order valence-electron chi connectivity index (χ2n) is 6.72. The van der Waals surface area contributed by atoms with E-state index in [4.69, 9.17) is 27.9 Å². The fraction of sp³-hybridized carbons (Fsp3) is 0.136. The average molecular weight is 497 g/mol. The van der Waals surface area contributed by atoms with Crippen molar-refractivity contribution in [3.8, 4) is 5.75 Å². The van der Waals surface area contributed by atoms with E-state index < -0.39 is 28.3 Å². The first-order chi connectivity index (χ1) is 15.2. The van der Waals surface area contributed by atoms with Crippen molar-refractivity contribution in [1.29, 1.82) is 0 Å². The zero-order valence-electron chi connectivity index (χ0n) is 16.9. The third-order valence-electron chi connectivity index (χ3n) is 4.48. The van der Waals surface area contributed by atoms with Crippen LogP contribution in [0.15, 0.2) is 71.6 Å². The molecule has 3 aromatic rings. The number of amides is 1. The first-order valence-corrected chi connectivity index (χ1v) is 11.5. The Bertz CT molecular complexity index is 1220. The van der Waals surface area contributed by atoms with Gasteiger partial charge in [0.05, 0.1) is 24.4 Å². The summed E-state index contributed by atoms with van der Waals surface area (Å²) in [6, 6.07) is 16.1. The number of ether oxygens (including phenoxy) is 1. The molecule has 0 aromatic heterocycles. The minimum absolute atomic E-state index is 0.0383. The topological polar surface area (TPSA) is 75.7 Å². The van der Waals surface area contributed by atoms with Gasteiger partial charge in [-0.05, 0) is 48.0 Å². The fourth-order valence-corrected chi connectivity index (χ4v) is 5.05. The summed E-state index contributed by atoms with van der Waals surface area (Å²) >= 11 is 12.1. The number of carbonyl (C=O) groups excluding carboxylic acids is 1. The Kier molecular flexibility index (Phi) is 7.73. The van der Waals surface area contributed by atoms with Crippen LogP contribution in [0.3, 0.4) is 0 Å². The minimum Gasteiger partial charge on any atom is -0.495 e. The third-order valence-corrected chi connectivity index (χ3v) is 6.99. The van der Waals surface area contributed by atoms with Gasteiger partial charge in [0.25, 0.3) is 0 Å². The van der Waals surface area contributed by atoms with Crippen LogP contribution in [-0.4, -0.2) is 32.3 Å². The molecule has 3 aromatic carbocycles. The maximum Gasteiger partial charge on any atom is 0.245 e. The van der Waals surface area contributed by atoms with E-state index in [1.165, 1.54) is 49.6 Å². The molecule has 0 saturated heterocycles. The molecule has 0 saturated carbocycles. The van der Waals surface area contributed by atoms with Gasteiger partial charge in [-0.2, -0.15) is 4.31 Å². The number of rotatable bonds is 8. The molecule has 1 N–H and O–H groups in total. The van der Waals surface area contributed by atoms with Gasteiger partial charge in [-0.25, -0.2) is 12.8 Å². The van der Waals surface area contributed by atoms with Crippen molar-refractivity contribution in [3.63, 3.8) is 0 Å². The molecule has 3 rings (SSSR count). The van der Waals surface area contributed by atoms with E-state index >= 15 is 0 Å². The van der Waals surface area contributed by atoms with Crippen LogP contribution in [0.5, 0.6) is 5.75 Å². The number of para-hydroxylation sites is 2. The van der Waals surface area contributed by atoms with Gasteiger partial charge in [-0.3, -0.25) is 4.79 Å². The largest absolute Gasteiger partial charge is 0.495 e. The molecule has 32 heavy (non-hydrogen) atoms. The zero-order valence-corrected chi connectivity index (χ0v) is 19.2. The Morgan fingerprint density at radius 1 is 1.06 bits per heavy atom. The van der Waals surface area contributed by atoms with Crippen molar-refractivity contribution >= 4 is 44.8 Å². The van der Waals surface area contributed by atoms with E-state index in [1.807, 2.05) is 0 Å². The predicted octanol–water partition coefficient (Wildman–Crippen LogP) is 4.97. The molecule has 0 radical (unpaired) electrons. The number of sulfonamides is 1. The van der Waals surface area contributed by atoms with Gasteiger partial charge in [0.15, 0.2) is 0 Å². The smallest absolute Gasteiger partial charge is 0.245 e. The van der Waals surface area contributed by atoms with Gasteiger partial charge in [0.1, 0.15) is 16.5 Å². The van der Waals surface area contributed by atoms with Crippen molar-refractivity contribution < 1.29 is 22.3 Å². The van der Waals surface area contributed by atoms with Crippen molar-refractivity contribution in [2.24, 2.45) is 0 Å². The van der Waals surface area contributed by atoms with Crippen LogP contribution in [-0.2, 0) is 21.4 Å². The summed E-state index contributed by atoms with van der Waals surface area (Å²) in [5.41, 5.74) is 0.873. The average Bonchev–Trinajstić information content (AvgIpc) is 2.76. The van der Waals surface area contributed by atoms with Crippen LogP contribution < -0.4 is 10.1 Å². The summed E-state index contributed by atoms with van der Waals surface area (Å²) in [7, 11) is -2.78. The van der Waals surface area contributed by atoms with Crippen molar-refractivity contribution in [3.05, 3.63) is 88.2 Å². The van der Waals surface area contributed by atoms with Crippen LogP contribution in [0.1, 0.15) is 5.56 Å². The summed E-state index contributed by atoms with van der Waals surface area (Å²) in [6.07, 6.45) is 0. The number of nitrogens with one attached hydrogen (secondary N) is 1. The number of halogens is 3. The number of hydrogen-bond acceptors (Lipinski definition) is 4. The fourth-order valence-electron chi connectivity index (χ4n) is 2.93. The van der Waals surface area contributed by atoms with Gasteiger partial charge in [-0.15, -0.1) is 0 Å². The van der Waals surface area contributed by atoms with Crippen LogP contribution in [0.25, 0.3) is 0 Å². The lowest BCUT2D eigenvalue weighted by molar-refractivity contribution is -0.116. The summed E-state index contributed by atoms with van der Waals surface area (Å²) in [6.45, 7) is -0.717. The highest BCUT2D eigenvalue weighted by Crippen LogP contribution is 2.29. The summed E-state index contributed by atoms with van der Waals surface area (Å²) in [5.74, 6) is -0.639. The highest BCUT2D eigenvalue weighted by Gasteiger charge is 2.29. The number of hydrogen-bond donors (Lipinski definition) is 1. The molecule has 0 aliphatic heterocycles. The molecule has 0 spiro atoms. The number of anilines is 1. The van der Waals surface area contributed by atoms with Gasteiger partial charge >= 0.3 is 0 Å². The first kappa shape index (κ1) is 24.0. The zero-order chi connectivity index (χ0) is 23.3. The summed E-state index contributed by atoms with van der Waals surface area (Å²) in [5, 5.41) is 2.78. The summed E-state index contributed by atoms with van der Waals surface area (Å²) < 4.78 is 46.2. The summed E-state index contributed by atoms with van der Waals surface area (Å²) in [4.78, 5) is 12.5. The molecule has 0 heterocycles. The van der Waals surface area contributed by atoms with Crippen molar-refractivity contribution in [2.75, 3.05) is 19.0 Å². The quantitative estimate of drug-likeness (QED) is 0.477. The number of nitrogens with zero attached hydrogens (tertiary/aromatic N) is 1. The molecule has 0 atom stereocenters. The molecule has 0 fully saturated rings. The molecule has 0 unspecified atom stereocenters. The normalized spacial score (nSPS) is 11.4. The number of benzene rings is 3. The highest BCUT2D eigenvalue weighted by atomic mass is 35.5. The third kappa shape index (κ3) is 5.77. The van der Waals surface area contributed by atoms with E-state index in [-0.39, 0.29) is 21.5 Å².